The summed E-state index contributed by atoms with van der Waals surface area (Å²) in [5, 5.41) is 19.9. The first-order valence-corrected chi connectivity index (χ1v) is 8.78. The Morgan fingerprint density at radius 3 is 1.61 bits per heavy atom. The van der Waals surface area contributed by atoms with Gasteiger partial charge in [0, 0.05) is 12.8 Å². The molecule has 2 aliphatic heterocycles. The Hall–Kier alpha value is -1.14. The summed E-state index contributed by atoms with van der Waals surface area (Å²) in [6.45, 7) is 0. The summed E-state index contributed by atoms with van der Waals surface area (Å²) < 4.78 is 10.2. The smallest absolute Gasteiger partial charge is 0.306 e. The predicted octanol–water partition coefficient (Wildman–Crippen LogP) is 1.85. The highest BCUT2D eigenvalue weighted by molar-refractivity contribution is 5.71. The molecule has 2 rings (SSSR count). The molecule has 2 aliphatic rings. The number of hydrogen-bond donors (Lipinski definition) is 2. The van der Waals surface area contributed by atoms with Crippen molar-refractivity contribution in [2.24, 2.45) is 0 Å². The fourth-order valence-electron chi connectivity index (χ4n) is 3.21. The molecule has 2 fully saturated rings. The molecule has 2 N–H and O–H groups in total. The van der Waals surface area contributed by atoms with Crippen LogP contribution in [0.4, 0.5) is 0 Å². The van der Waals surface area contributed by atoms with Crippen molar-refractivity contribution in [1.82, 2.24) is 0 Å². The zero-order valence-electron chi connectivity index (χ0n) is 13.6. The van der Waals surface area contributed by atoms with E-state index in [0.717, 1.165) is 19.3 Å². The van der Waals surface area contributed by atoms with Crippen molar-refractivity contribution in [2.75, 3.05) is 0 Å². The molecule has 2 heterocycles. The summed E-state index contributed by atoms with van der Waals surface area (Å²) in [6, 6.07) is 0. The highest BCUT2D eigenvalue weighted by Gasteiger charge is 2.24. The molecule has 0 aromatic heterocycles. The lowest BCUT2D eigenvalue weighted by atomic mass is 10.00. The zero-order chi connectivity index (χ0) is 16.7. The second-order valence-corrected chi connectivity index (χ2v) is 6.69. The van der Waals surface area contributed by atoms with Crippen molar-refractivity contribution >= 4 is 11.9 Å². The average molecular weight is 328 g/mol. The third-order valence-corrected chi connectivity index (χ3v) is 4.66. The monoisotopic (exact) mass is 328 g/mol. The van der Waals surface area contributed by atoms with Crippen LogP contribution in [-0.2, 0) is 19.1 Å². The van der Waals surface area contributed by atoms with Gasteiger partial charge in [-0.1, -0.05) is 0 Å². The maximum Gasteiger partial charge on any atom is 0.306 e. The van der Waals surface area contributed by atoms with E-state index in [9.17, 15) is 19.8 Å². The molecule has 132 valence electrons. The van der Waals surface area contributed by atoms with Crippen molar-refractivity contribution in [3.8, 4) is 0 Å². The molecule has 23 heavy (non-hydrogen) atoms. The van der Waals surface area contributed by atoms with Gasteiger partial charge in [-0.05, 0) is 57.8 Å². The van der Waals surface area contributed by atoms with Gasteiger partial charge in [-0.15, -0.1) is 0 Å². The van der Waals surface area contributed by atoms with Crippen molar-refractivity contribution in [3.63, 3.8) is 0 Å². The number of hydrogen-bond acceptors (Lipinski definition) is 6. The Balaban J connectivity index is 1.46. The summed E-state index contributed by atoms with van der Waals surface area (Å²) in [7, 11) is 0. The standard InChI is InChI=1S/C17H28O6/c18-12(4-6-14-8-10-16(20)22-14)2-1-3-13(19)5-7-15-9-11-17(21)23-15/h12-15,18-19H,1-11H2. The summed E-state index contributed by atoms with van der Waals surface area (Å²) in [4.78, 5) is 22.0. The van der Waals surface area contributed by atoms with Gasteiger partial charge in [0.1, 0.15) is 12.2 Å². The Bertz CT molecular complexity index is 361. The van der Waals surface area contributed by atoms with E-state index in [4.69, 9.17) is 9.47 Å². The first-order valence-electron chi connectivity index (χ1n) is 8.78. The maximum atomic E-state index is 11.0. The van der Waals surface area contributed by atoms with E-state index < -0.39 is 12.2 Å². The fourth-order valence-corrected chi connectivity index (χ4v) is 3.21. The Kier molecular flexibility index (Phi) is 7.30. The largest absolute Gasteiger partial charge is 0.462 e. The second-order valence-electron chi connectivity index (χ2n) is 6.69. The molecular formula is C17H28O6. The summed E-state index contributed by atoms with van der Waals surface area (Å²) >= 11 is 0. The van der Waals surface area contributed by atoms with Crippen LogP contribution >= 0.6 is 0 Å². The van der Waals surface area contributed by atoms with Crippen LogP contribution in [0.2, 0.25) is 0 Å². The Morgan fingerprint density at radius 1 is 0.826 bits per heavy atom. The van der Waals surface area contributed by atoms with Gasteiger partial charge in [-0.3, -0.25) is 9.59 Å². The average Bonchev–Trinajstić information content (AvgIpc) is 3.11. The van der Waals surface area contributed by atoms with Gasteiger partial charge in [0.05, 0.1) is 12.2 Å². The molecule has 2 saturated heterocycles. The topological polar surface area (TPSA) is 93.1 Å². The molecule has 4 unspecified atom stereocenters. The second kappa shape index (κ2) is 9.23. The van der Waals surface area contributed by atoms with Gasteiger partial charge in [-0.25, -0.2) is 0 Å². The number of rotatable bonds is 10. The third kappa shape index (κ3) is 6.87. The van der Waals surface area contributed by atoms with E-state index in [1.54, 1.807) is 0 Å². The Morgan fingerprint density at radius 2 is 1.26 bits per heavy atom. The van der Waals surface area contributed by atoms with E-state index in [-0.39, 0.29) is 24.1 Å². The zero-order valence-corrected chi connectivity index (χ0v) is 13.6. The van der Waals surface area contributed by atoms with Crippen LogP contribution in [0, 0.1) is 0 Å². The molecule has 0 amide bonds. The van der Waals surface area contributed by atoms with Gasteiger partial charge in [-0.2, -0.15) is 0 Å². The van der Waals surface area contributed by atoms with Crippen LogP contribution in [0.15, 0.2) is 0 Å². The number of aliphatic hydroxyl groups excluding tert-OH is 2. The van der Waals surface area contributed by atoms with Gasteiger partial charge < -0.3 is 19.7 Å². The predicted molar refractivity (Wildman–Crippen MR) is 82.6 cm³/mol. The van der Waals surface area contributed by atoms with E-state index >= 15 is 0 Å². The third-order valence-electron chi connectivity index (χ3n) is 4.66. The lowest BCUT2D eigenvalue weighted by Crippen LogP contribution is -2.15. The van der Waals surface area contributed by atoms with Gasteiger partial charge in [0.25, 0.3) is 0 Å². The van der Waals surface area contributed by atoms with Crippen LogP contribution in [0.3, 0.4) is 0 Å². The van der Waals surface area contributed by atoms with Crippen molar-refractivity contribution in [1.29, 1.82) is 0 Å². The van der Waals surface area contributed by atoms with E-state index in [1.807, 2.05) is 0 Å². The molecule has 0 saturated carbocycles. The van der Waals surface area contributed by atoms with Crippen LogP contribution < -0.4 is 0 Å². The lowest BCUT2D eigenvalue weighted by molar-refractivity contribution is -0.142. The van der Waals surface area contributed by atoms with Gasteiger partial charge in [0.2, 0.25) is 0 Å². The van der Waals surface area contributed by atoms with E-state index in [2.05, 4.69) is 0 Å². The van der Waals surface area contributed by atoms with E-state index in [1.165, 1.54) is 0 Å². The number of carbonyl (C=O) groups is 2. The van der Waals surface area contributed by atoms with Crippen LogP contribution in [0.5, 0.6) is 0 Å². The highest BCUT2D eigenvalue weighted by Crippen LogP contribution is 2.22. The number of ether oxygens (including phenoxy) is 2. The van der Waals surface area contributed by atoms with Crippen LogP contribution in [-0.4, -0.2) is 46.6 Å². The molecular weight excluding hydrogens is 300 g/mol. The minimum Gasteiger partial charge on any atom is -0.462 e. The molecule has 0 aromatic carbocycles. The van der Waals surface area contributed by atoms with Crippen molar-refractivity contribution in [2.45, 2.75) is 95.0 Å². The quantitative estimate of drug-likeness (QED) is 0.595. The number of aliphatic hydroxyl groups is 2. The first-order chi connectivity index (χ1) is 11.0. The van der Waals surface area contributed by atoms with E-state index in [0.29, 0.717) is 51.4 Å². The van der Waals surface area contributed by atoms with Crippen molar-refractivity contribution < 1.29 is 29.3 Å². The first kappa shape index (κ1) is 18.2. The number of esters is 2. The summed E-state index contributed by atoms with van der Waals surface area (Å²) in [5.41, 5.74) is 0. The summed E-state index contributed by atoms with van der Waals surface area (Å²) in [5.74, 6) is -0.277. The van der Waals surface area contributed by atoms with Crippen LogP contribution in [0.25, 0.3) is 0 Å². The molecule has 0 bridgehead atoms. The Labute approximate surface area is 137 Å². The molecule has 6 heteroatoms. The summed E-state index contributed by atoms with van der Waals surface area (Å²) in [6.07, 6.45) is 6.37. The SMILES string of the molecule is O=C1CCC(CCC(O)CCCC(O)CCC2CCC(=O)O2)O1. The highest BCUT2D eigenvalue weighted by atomic mass is 16.6. The maximum absolute atomic E-state index is 11.0. The molecule has 4 atom stereocenters. The molecule has 0 spiro atoms. The molecule has 6 nitrogen and oxygen atoms in total. The minimum absolute atomic E-state index is 0.0307. The molecule has 0 aromatic rings. The molecule has 0 aliphatic carbocycles. The molecule has 0 radical (unpaired) electrons. The number of carbonyl (C=O) groups excluding carboxylic acids is 2. The minimum atomic E-state index is -0.405. The van der Waals surface area contributed by atoms with Crippen molar-refractivity contribution in [3.05, 3.63) is 0 Å². The normalized spacial score (nSPS) is 26.9. The van der Waals surface area contributed by atoms with Gasteiger partial charge >= 0.3 is 11.9 Å². The van der Waals surface area contributed by atoms with Crippen LogP contribution in [0.1, 0.15) is 70.6 Å². The fraction of sp³-hybridized carbons (Fsp3) is 0.882. The van der Waals surface area contributed by atoms with Gasteiger partial charge in [0.15, 0.2) is 0 Å². The number of cyclic esters (lactones) is 2. The lowest BCUT2D eigenvalue weighted by Gasteiger charge is -2.16.